The number of anilines is 1. The van der Waals surface area contributed by atoms with E-state index in [9.17, 15) is 0 Å². The molecule has 1 N–H and O–H groups in total. The van der Waals surface area contributed by atoms with Crippen molar-refractivity contribution in [1.29, 1.82) is 0 Å². The molecule has 2 aromatic rings. The average molecular weight is 273 g/mol. The van der Waals surface area contributed by atoms with E-state index in [1.165, 1.54) is 24.0 Å². The van der Waals surface area contributed by atoms with Crippen LogP contribution in [0.25, 0.3) is 0 Å². The maximum Gasteiger partial charge on any atom is 0.132 e. The number of aromatic nitrogens is 1. The summed E-state index contributed by atoms with van der Waals surface area (Å²) < 4.78 is 0. The molecule has 0 saturated heterocycles. The Labute approximate surface area is 118 Å². The molecule has 3 rings (SSSR count). The van der Waals surface area contributed by atoms with Crippen LogP contribution in [0.4, 0.5) is 5.69 Å². The molecule has 0 radical (unpaired) electrons. The minimum absolute atomic E-state index is 0.571. The van der Waals surface area contributed by atoms with Crippen molar-refractivity contribution in [3.63, 3.8) is 0 Å². The third-order valence-corrected chi connectivity index (χ3v) is 3.91. The third kappa shape index (κ3) is 3.07. The van der Waals surface area contributed by atoms with Crippen LogP contribution >= 0.6 is 11.6 Å². The maximum atomic E-state index is 5.92. The van der Waals surface area contributed by atoms with Gasteiger partial charge in [-0.05, 0) is 48.4 Å². The molecule has 19 heavy (non-hydrogen) atoms. The molecule has 1 aliphatic carbocycles. The first-order valence-electron chi connectivity index (χ1n) is 6.67. The summed E-state index contributed by atoms with van der Waals surface area (Å²) in [6.07, 6.45) is 4.47. The fraction of sp³-hybridized carbons (Fsp3) is 0.312. The summed E-state index contributed by atoms with van der Waals surface area (Å²) in [5, 5.41) is 3.97. The van der Waals surface area contributed by atoms with Crippen LogP contribution in [0.15, 0.2) is 36.5 Å². The zero-order valence-corrected chi connectivity index (χ0v) is 11.7. The molecule has 3 heteroatoms. The fourth-order valence-electron chi connectivity index (χ4n) is 2.23. The summed E-state index contributed by atoms with van der Waals surface area (Å²) in [4.78, 5) is 4.15. The van der Waals surface area contributed by atoms with Crippen LogP contribution in [0, 0.1) is 6.92 Å². The second-order valence-electron chi connectivity index (χ2n) is 5.20. The molecule has 0 amide bonds. The summed E-state index contributed by atoms with van der Waals surface area (Å²) in [6.45, 7) is 2.79. The summed E-state index contributed by atoms with van der Waals surface area (Å²) in [6, 6.07) is 10.9. The molecule has 1 heterocycles. The van der Waals surface area contributed by atoms with Crippen LogP contribution in [0.5, 0.6) is 0 Å². The molecule has 0 bridgehead atoms. The Kier molecular flexibility index (Phi) is 3.43. The van der Waals surface area contributed by atoms with Crippen LogP contribution in [0.2, 0.25) is 5.15 Å². The van der Waals surface area contributed by atoms with Crippen molar-refractivity contribution in [2.24, 2.45) is 0 Å². The Morgan fingerprint density at radius 1 is 1.32 bits per heavy atom. The van der Waals surface area contributed by atoms with E-state index >= 15 is 0 Å². The normalized spacial score (nSPS) is 14.4. The van der Waals surface area contributed by atoms with Crippen molar-refractivity contribution < 1.29 is 0 Å². The third-order valence-electron chi connectivity index (χ3n) is 3.51. The number of nitrogens with zero attached hydrogens (tertiary/aromatic N) is 1. The van der Waals surface area contributed by atoms with E-state index in [0.29, 0.717) is 5.15 Å². The highest BCUT2D eigenvalue weighted by atomic mass is 35.5. The number of hydrogen-bond donors (Lipinski definition) is 1. The number of benzene rings is 1. The van der Waals surface area contributed by atoms with E-state index in [1.54, 1.807) is 6.20 Å². The number of halogens is 1. The molecule has 2 nitrogen and oxygen atoms in total. The van der Waals surface area contributed by atoms with Crippen LogP contribution < -0.4 is 5.32 Å². The first-order valence-corrected chi connectivity index (χ1v) is 7.05. The Morgan fingerprint density at radius 2 is 2.16 bits per heavy atom. The molecule has 0 atom stereocenters. The smallest absolute Gasteiger partial charge is 0.132 e. The zero-order chi connectivity index (χ0) is 13.2. The molecule has 98 valence electrons. The maximum absolute atomic E-state index is 5.92. The van der Waals surface area contributed by atoms with Crippen LogP contribution in [0.1, 0.15) is 35.4 Å². The SMILES string of the molecule is Cc1cc(NCc2cccc(C3CC3)c2)cnc1Cl. The number of pyridine rings is 1. The number of rotatable bonds is 4. The lowest BCUT2D eigenvalue weighted by Crippen LogP contribution is -2.00. The van der Waals surface area contributed by atoms with Gasteiger partial charge in [0.2, 0.25) is 0 Å². The Morgan fingerprint density at radius 3 is 2.89 bits per heavy atom. The average Bonchev–Trinajstić information content (AvgIpc) is 3.25. The van der Waals surface area contributed by atoms with Gasteiger partial charge in [0, 0.05) is 6.54 Å². The van der Waals surface area contributed by atoms with Crippen LogP contribution in [-0.2, 0) is 6.54 Å². The monoisotopic (exact) mass is 272 g/mol. The van der Waals surface area contributed by atoms with E-state index in [4.69, 9.17) is 11.6 Å². The van der Waals surface area contributed by atoms with Gasteiger partial charge in [0.15, 0.2) is 0 Å². The highest BCUT2D eigenvalue weighted by Crippen LogP contribution is 2.40. The van der Waals surface area contributed by atoms with E-state index in [0.717, 1.165) is 23.7 Å². The fourth-order valence-corrected chi connectivity index (χ4v) is 2.34. The molecule has 1 aromatic heterocycles. The van der Waals surface area contributed by atoms with Crippen molar-refractivity contribution in [2.45, 2.75) is 32.2 Å². The second-order valence-corrected chi connectivity index (χ2v) is 5.56. The topological polar surface area (TPSA) is 24.9 Å². The van der Waals surface area contributed by atoms with Gasteiger partial charge in [-0.25, -0.2) is 4.98 Å². The summed E-state index contributed by atoms with van der Waals surface area (Å²) in [5.41, 5.74) is 4.80. The predicted octanol–water partition coefficient (Wildman–Crippen LogP) is 4.53. The largest absolute Gasteiger partial charge is 0.380 e. The zero-order valence-electron chi connectivity index (χ0n) is 11.0. The van der Waals surface area contributed by atoms with Crippen molar-refractivity contribution >= 4 is 17.3 Å². The lowest BCUT2D eigenvalue weighted by Gasteiger charge is -2.09. The lowest BCUT2D eigenvalue weighted by molar-refractivity contribution is 1.08. The highest BCUT2D eigenvalue weighted by Gasteiger charge is 2.23. The van der Waals surface area contributed by atoms with Gasteiger partial charge in [-0.1, -0.05) is 35.9 Å². The van der Waals surface area contributed by atoms with Crippen molar-refractivity contribution in [3.05, 3.63) is 58.4 Å². The van der Waals surface area contributed by atoms with Gasteiger partial charge in [0.25, 0.3) is 0 Å². The van der Waals surface area contributed by atoms with Gasteiger partial charge in [-0.2, -0.15) is 0 Å². The Bertz CT molecular complexity index is 591. The predicted molar refractivity (Wildman–Crippen MR) is 79.7 cm³/mol. The minimum Gasteiger partial charge on any atom is -0.380 e. The minimum atomic E-state index is 0.571. The summed E-state index contributed by atoms with van der Waals surface area (Å²) in [5.74, 6) is 0.805. The summed E-state index contributed by atoms with van der Waals surface area (Å²) in [7, 11) is 0. The van der Waals surface area contributed by atoms with Crippen LogP contribution in [-0.4, -0.2) is 4.98 Å². The van der Waals surface area contributed by atoms with E-state index in [2.05, 4.69) is 34.6 Å². The number of hydrogen-bond acceptors (Lipinski definition) is 2. The summed E-state index contributed by atoms with van der Waals surface area (Å²) >= 11 is 5.92. The van der Waals surface area contributed by atoms with Gasteiger partial charge in [-0.3, -0.25) is 0 Å². The van der Waals surface area contributed by atoms with Crippen molar-refractivity contribution in [1.82, 2.24) is 4.98 Å². The molecule has 0 aliphatic heterocycles. The first-order chi connectivity index (χ1) is 9.22. The Hall–Kier alpha value is -1.54. The second kappa shape index (κ2) is 5.22. The number of aryl methyl sites for hydroxylation is 1. The van der Waals surface area contributed by atoms with Gasteiger partial charge in [0.1, 0.15) is 5.15 Å². The standard InChI is InChI=1S/C16H17ClN2/c1-11-7-15(10-19-16(11)17)18-9-12-3-2-4-14(8-12)13-5-6-13/h2-4,7-8,10,13,18H,5-6,9H2,1H3. The number of nitrogens with one attached hydrogen (secondary N) is 1. The van der Waals surface area contributed by atoms with Gasteiger partial charge in [-0.15, -0.1) is 0 Å². The molecule has 1 aromatic carbocycles. The molecular weight excluding hydrogens is 256 g/mol. The molecule has 0 spiro atoms. The van der Waals surface area contributed by atoms with E-state index < -0.39 is 0 Å². The van der Waals surface area contributed by atoms with Gasteiger partial charge >= 0.3 is 0 Å². The van der Waals surface area contributed by atoms with Gasteiger partial charge < -0.3 is 5.32 Å². The Balaban J connectivity index is 1.68. The van der Waals surface area contributed by atoms with Crippen molar-refractivity contribution in [3.8, 4) is 0 Å². The van der Waals surface area contributed by atoms with E-state index in [-0.39, 0.29) is 0 Å². The molecule has 1 aliphatic rings. The van der Waals surface area contributed by atoms with Crippen LogP contribution in [0.3, 0.4) is 0 Å². The molecular formula is C16H17ClN2. The first kappa shape index (κ1) is 12.5. The van der Waals surface area contributed by atoms with Crippen molar-refractivity contribution in [2.75, 3.05) is 5.32 Å². The molecule has 1 fully saturated rings. The molecule has 1 saturated carbocycles. The highest BCUT2D eigenvalue weighted by molar-refractivity contribution is 6.30. The van der Waals surface area contributed by atoms with Gasteiger partial charge in [0.05, 0.1) is 11.9 Å². The molecule has 0 unspecified atom stereocenters. The van der Waals surface area contributed by atoms with E-state index in [1.807, 2.05) is 13.0 Å². The lowest BCUT2D eigenvalue weighted by atomic mass is 10.1. The quantitative estimate of drug-likeness (QED) is 0.827.